The zero-order chi connectivity index (χ0) is 38.6. The summed E-state index contributed by atoms with van der Waals surface area (Å²) in [6.07, 6.45) is 0. The Kier molecular flexibility index (Phi) is 8.14. The Morgan fingerprint density at radius 3 is 1.72 bits per heavy atom. The van der Waals surface area contributed by atoms with Gasteiger partial charge in [0.15, 0.2) is 23.3 Å². The third-order valence-electron chi connectivity index (χ3n) is 10.4. The van der Waals surface area contributed by atoms with Crippen molar-refractivity contribution >= 4 is 63.1 Å². The van der Waals surface area contributed by atoms with Gasteiger partial charge in [-0.2, -0.15) is 5.26 Å². The molecule has 0 amide bonds. The first-order valence-electron chi connectivity index (χ1n) is 18.8. The maximum absolute atomic E-state index is 9.69. The van der Waals surface area contributed by atoms with Crippen LogP contribution in [0.15, 0.2) is 170 Å². The van der Waals surface area contributed by atoms with Crippen LogP contribution in [0.1, 0.15) is 5.56 Å². The molecule has 0 fully saturated rings. The highest BCUT2D eigenvalue weighted by molar-refractivity contribution is 7.26. The Morgan fingerprint density at radius 2 is 0.948 bits per heavy atom. The van der Waals surface area contributed by atoms with E-state index < -0.39 is 0 Å². The van der Waals surface area contributed by atoms with Crippen molar-refractivity contribution in [3.63, 3.8) is 0 Å². The number of nitrogens with zero attached hydrogens (tertiary/aromatic N) is 6. The number of aromatic nitrogens is 5. The topological polar surface area (TPSA) is 88.2 Å². The summed E-state index contributed by atoms with van der Waals surface area (Å²) in [6, 6.07) is 59.8. The Hall–Kier alpha value is -7.44. The molecule has 0 saturated carbocycles. The first-order valence-corrected chi connectivity index (χ1v) is 20.4. The van der Waals surface area contributed by atoms with Gasteiger partial charge in [-0.1, -0.05) is 133 Å². The van der Waals surface area contributed by atoms with Crippen LogP contribution in [0.4, 0.5) is 0 Å². The Morgan fingerprint density at radius 1 is 0.379 bits per heavy atom. The van der Waals surface area contributed by atoms with E-state index in [9.17, 15) is 5.26 Å². The van der Waals surface area contributed by atoms with Gasteiger partial charge in [0, 0.05) is 58.1 Å². The number of nitriles is 1. The second kappa shape index (κ2) is 13.9. The molecule has 0 spiro atoms. The first-order chi connectivity index (χ1) is 28.7. The lowest BCUT2D eigenvalue weighted by Crippen LogP contribution is -2.00. The maximum Gasteiger partial charge on any atom is 0.164 e. The van der Waals surface area contributed by atoms with Crippen LogP contribution in [0.2, 0.25) is 0 Å². The standard InChI is InChI=1S/C50H28N6S2/c51-29-35-16-7-8-17-36(35)30-22-24-33(25-23-30)48-54-47(32-14-5-2-6-15-32)55-49(56-48)34-26-27-42-40(28-34)37-19-11-20-39(45(37)57-42)50-52-43(31-12-3-1-4-13-31)46-44(53-50)38-18-9-10-21-41(38)58-46/h1-28H. The Balaban J connectivity index is 1.05. The molecule has 11 aromatic rings. The van der Waals surface area contributed by atoms with Crippen LogP contribution in [0.5, 0.6) is 0 Å². The van der Waals surface area contributed by atoms with Gasteiger partial charge < -0.3 is 0 Å². The molecule has 4 heterocycles. The Bertz CT molecular complexity index is 3400. The molecule has 0 radical (unpaired) electrons. The fourth-order valence-electron chi connectivity index (χ4n) is 7.60. The third-order valence-corrected chi connectivity index (χ3v) is 12.8. The molecule has 0 N–H and O–H groups in total. The van der Waals surface area contributed by atoms with Crippen molar-refractivity contribution in [3.05, 3.63) is 175 Å². The van der Waals surface area contributed by atoms with Gasteiger partial charge in [0.1, 0.15) is 0 Å². The van der Waals surface area contributed by atoms with E-state index in [4.69, 9.17) is 24.9 Å². The molecule has 7 aromatic carbocycles. The van der Waals surface area contributed by atoms with Crippen LogP contribution in [-0.4, -0.2) is 24.9 Å². The number of hydrogen-bond acceptors (Lipinski definition) is 8. The highest BCUT2D eigenvalue weighted by Crippen LogP contribution is 2.43. The minimum Gasteiger partial charge on any atom is -0.226 e. The van der Waals surface area contributed by atoms with E-state index in [1.54, 1.807) is 22.7 Å². The molecule has 0 aliphatic heterocycles. The van der Waals surface area contributed by atoms with Crippen LogP contribution in [0, 0.1) is 11.3 Å². The van der Waals surface area contributed by atoms with Gasteiger partial charge in [0.25, 0.3) is 0 Å². The monoisotopic (exact) mass is 776 g/mol. The van der Waals surface area contributed by atoms with E-state index in [2.05, 4.69) is 91.0 Å². The average Bonchev–Trinajstić information content (AvgIpc) is 3.87. The molecule has 0 aliphatic rings. The van der Waals surface area contributed by atoms with E-state index >= 15 is 0 Å². The third kappa shape index (κ3) is 5.80. The van der Waals surface area contributed by atoms with Gasteiger partial charge >= 0.3 is 0 Å². The van der Waals surface area contributed by atoms with Crippen molar-refractivity contribution in [2.24, 2.45) is 0 Å². The van der Waals surface area contributed by atoms with E-state index in [1.165, 1.54) is 4.70 Å². The summed E-state index contributed by atoms with van der Waals surface area (Å²) in [5.74, 6) is 2.47. The molecule has 4 aromatic heterocycles. The van der Waals surface area contributed by atoms with Crippen molar-refractivity contribution in [2.45, 2.75) is 0 Å². The van der Waals surface area contributed by atoms with E-state index in [1.807, 2.05) is 84.9 Å². The fraction of sp³-hybridized carbons (Fsp3) is 0. The molecular weight excluding hydrogens is 749 g/mol. The minimum absolute atomic E-state index is 0.573. The highest BCUT2D eigenvalue weighted by atomic mass is 32.1. The predicted octanol–water partition coefficient (Wildman–Crippen LogP) is 13.3. The summed E-state index contributed by atoms with van der Waals surface area (Å²) in [7, 11) is 0. The molecule has 0 atom stereocenters. The zero-order valence-electron chi connectivity index (χ0n) is 30.7. The molecule has 58 heavy (non-hydrogen) atoms. The lowest BCUT2D eigenvalue weighted by atomic mass is 9.99. The smallest absolute Gasteiger partial charge is 0.164 e. The summed E-state index contributed by atoms with van der Waals surface area (Å²) in [5.41, 5.74) is 9.14. The van der Waals surface area contributed by atoms with Gasteiger partial charge in [0.2, 0.25) is 0 Å². The molecule has 270 valence electrons. The van der Waals surface area contributed by atoms with Gasteiger partial charge in [-0.15, -0.1) is 22.7 Å². The average molecular weight is 777 g/mol. The molecule has 8 heteroatoms. The van der Waals surface area contributed by atoms with Crippen molar-refractivity contribution in [1.82, 2.24) is 24.9 Å². The van der Waals surface area contributed by atoms with Gasteiger partial charge in [-0.3, -0.25) is 0 Å². The fourth-order valence-corrected chi connectivity index (χ4v) is 9.94. The molecular formula is C50H28N6S2. The van der Waals surface area contributed by atoms with Crippen molar-refractivity contribution < 1.29 is 0 Å². The van der Waals surface area contributed by atoms with E-state index in [-0.39, 0.29) is 0 Å². The van der Waals surface area contributed by atoms with Gasteiger partial charge in [-0.05, 0) is 47.5 Å². The normalized spacial score (nSPS) is 11.4. The molecule has 6 nitrogen and oxygen atoms in total. The van der Waals surface area contributed by atoms with Crippen molar-refractivity contribution in [1.29, 1.82) is 5.26 Å². The number of fused-ring (bicyclic) bond motifs is 6. The maximum atomic E-state index is 9.69. The second-order valence-corrected chi connectivity index (χ2v) is 16.0. The number of benzene rings is 7. The minimum atomic E-state index is 0.573. The largest absolute Gasteiger partial charge is 0.226 e. The summed E-state index contributed by atoms with van der Waals surface area (Å²) in [5, 5.41) is 13.1. The molecule has 0 unspecified atom stereocenters. The molecule has 0 bridgehead atoms. The molecule has 11 rings (SSSR count). The van der Waals surface area contributed by atoms with Gasteiger partial charge in [-0.25, -0.2) is 24.9 Å². The lowest BCUT2D eigenvalue weighted by Gasteiger charge is -2.10. The van der Waals surface area contributed by atoms with Crippen LogP contribution < -0.4 is 0 Å². The summed E-state index contributed by atoms with van der Waals surface area (Å²) < 4.78 is 4.58. The van der Waals surface area contributed by atoms with Crippen molar-refractivity contribution in [3.8, 4) is 74.0 Å². The molecule has 0 saturated heterocycles. The van der Waals surface area contributed by atoms with Crippen molar-refractivity contribution in [2.75, 3.05) is 0 Å². The lowest BCUT2D eigenvalue weighted by molar-refractivity contribution is 1.07. The van der Waals surface area contributed by atoms with Crippen LogP contribution >= 0.6 is 22.7 Å². The number of hydrogen-bond donors (Lipinski definition) is 0. The first kappa shape index (κ1) is 33.9. The van der Waals surface area contributed by atoms with Crippen LogP contribution in [0.3, 0.4) is 0 Å². The van der Waals surface area contributed by atoms with E-state index in [0.29, 0.717) is 28.9 Å². The SMILES string of the molecule is N#Cc1ccccc1-c1ccc(-c2nc(-c3ccccc3)nc(-c3ccc4sc5c(-c6nc(-c7ccccc7)c7sc8ccccc8c7n6)cccc5c4c3)n2)cc1. The second-order valence-electron chi connectivity index (χ2n) is 13.9. The summed E-state index contributed by atoms with van der Waals surface area (Å²) >= 11 is 3.50. The van der Waals surface area contributed by atoms with Crippen LogP contribution in [0.25, 0.3) is 108 Å². The molecule has 0 aliphatic carbocycles. The Labute approximate surface area is 341 Å². The van der Waals surface area contributed by atoms with Crippen LogP contribution in [-0.2, 0) is 0 Å². The quantitative estimate of drug-likeness (QED) is 0.167. The predicted molar refractivity (Wildman–Crippen MR) is 239 cm³/mol. The number of thiophene rings is 2. The highest BCUT2D eigenvalue weighted by Gasteiger charge is 2.20. The number of rotatable bonds is 6. The van der Waals surface area contributed by atoms with E-state index in [0.717, 1.165) is 80.4 Å². The summed E-state index contributed by atoms with van der Waals surface area (Å²) in [4.78, 5) is 25.6. The zero-order valence-corrected chi connectivity index (χ0v) is 32.3. The summed E-state index contributed by atoms with van der Waals surface area (Å²) in [6.45, 7) is 0. The van der Waals surface area contributed by atoms with Gasteiger partial charge in [0.05, 0.1) is 27.5 Å².